The van der Waals surface area contributed by atoms with Crippen molar-refractivity contribution < 1.29 is 66.1 Å². The molecule has 4 heteroatoms. The topological polar surface area (TPSA) is 57.2 Å². The van der Waals surface area contributed by atoms with Gasteiger partial charge in [0, 0.05) is 18.8 Å². The number of aliphatic carboxylic acids is 1. The van der Waals surface area contributed by atoms with Crippen molar-refractivity contribution >= 4 is 11.8 Å². The van der Waals surface area contributed by atoms with Gasteiger partial charge in [-0.25, -0.2) is 0 Å². The van der Waals surface area contributed by atoms with E-state index in [9.17, 15) is 14.7 Å². The number of hydrogen-bond acceptors (Lipinski definition) is 3. The first kappa shape index (κ1) is 19.1. The van der Waals surface area contributed by atoms with Crippen LogP contribution in [0.5, 0.6) is 0 Å². The van der Waals surface area contributed by atoms with Gasteiger partial charge in [0.2, 0.25) is 0 Å². The third-order valence-electron chi connectivity index (χ3n) is 2.40. The van der Waals surface area contributed by atoms with Gasteiger partial charge in [-0.1, -0.05) is 45.4 Å². The number of carboxylic acids is 1. The molecule has 0 N–H and O–H groups in total. The molecule has 0 bridgehead atoms. The van der Waals surface area contributed by atoms with E-state index in [1.54, 1.807) is 0 Å². The smallest absolute Gasteiger partial charge is 0.550 e. The average molecular weight is 252 g/mol. The molecule has 0 radical (unpaired) electrons. The van der Waals surface area contributed by atoms with Crippen LogP contribution in [-0.4, -0.2) is 11.8 Å². The number of Topliss-reactive ketones (excluding diaryl/α,β-unsaturated/α-hetero) is 1. The molecule has 16 heavy (non-hydrogen) atoms. The summed E-state index contributed by atoms with van der Waals surface area (Å²) in [5.41, 5.74) is 0. The van der Waals surface area contributed by atoms with Crippen molar-refractivity contribution in [1.82, 2.24) is 0 Å². The molecule has 0 amide bonds. The van der Waals surface area contributed by atoms with E-state index in [0.717, 1.165) is 19.3 Å². The largest absolute Gasteiger partial charge is 1.00 e. The normalized spacial score (nSPS) is 9.56. The summed E-state index contributed by atoms with van der Waals surface area (Å²) in [6.07, 6.45) is 7.98. The zero-order valence-electron chi connectivity index (χ0n) is 10.6. The second-order valence-electron chi connectivity index (χ2n) is 3.96. The summed E-state index contributed by atoms with van der Waals surface area (Å²) in [7, 11) is 0. The van der Waals surface area contributed by atoms with Crippen LogP contribution in [0.15, 0.2) is 0 Å². The van der Waals surface area contributed by atoms with E-state index in [1.165, 1.54) is 25.7 Å². The second kappa shape index (κ2) is 13.8. The van der Waals surface area contributed by atoms with Crippen molar-refractivity contribution in [2.45, 2.75) is 64.7 Å². The standard InChI is InChI=1S/C12H22O3.K/c1-2-3-4-5-6-7-8-9-11(13)10-12(14)15;/h2-10H2,1H3,(H,14,15);/q;+1/p-1. The van der Waals surface area contributed by atoms with Gasteiger partial charge in [0.1, 0.15) is 5.78 Å². The third-order valence-corrected chi connectivity index (χ3v) is 2.40. The van der Waals surface area contributed by atoms with Gasteiger partial charge in [-0.15, -0.1) is 0 Å². The molecular weight excluding hydrogens is 231 g/mol. The molecular formula is C12H21KO3. The van der Waals surface area contributed by atoms with Gasteiger partial charge < -0.3 is 9.90 Å². The molecule has 0 heterocycles. The predicted molar refractivity (Wildman–Crippen MR) is 57.2 cm³/mol. The van der Waals surface area contributed by atoms with Crippen molar-refractivity contribution in [3.8, 4) is 0 Å². The Hall–Kier alpha value is 0.776. The Bertz CT molecular complexity index is 193. The van der Waals surface area contributed by atoms with Crippen LogP contribution in [0.1, 0.15) is 64.7 Å². The van der Waals surface area contributed by atoms with Gasteiger partial charge >= 0.3 is 51.4 Å². The summed E-state index contributed by atoms with van der Waals surface area (Å²) in [5.74, 6) is -1.47. The molecule has 0 aliphatic heterocycles. The predicted octanol–water partition coefficient (Wildman–Crippen LogP) is -1.16. The number of unbranched alkanes of at least 4 members (excludes halogenated alkanes) is 6. The Balaban J connectivity index is 0. The van der Waals surface area contributed by atoms with E-state index < -0.39 is 12.4 Å². The molecule has 0 rings (SSSR count). The monoisotopic (exact) mass is 252 g/mol. The van der Waals surface area contributed by atoms with Crippen molar-refractivity contribution in [3.05, 3.63) is 0 Å². The van der Waals surface area contributed by atoms with Crippen molar-refractivity contribution in [3.63, 3.8) is 0 Å². The van der Waals surface area contributed by atoms with Gasteiger partial charge in [-0.2, -0.15) is 0 Å². The fourth-order valence-electron chi connectivity index (χ4n) is 1.53. The average Bonchev–Trinajstić information content (AvgIpc) is 2.15. The minimum Gasteiger partial charge on any atom is -0.550 e. The number of carboxylic acid groups (broad SMARTS) is 1. The van der Waals surface area contributed by atoms with Crippen molar-refractivity contribution in [2.24, 2.45) is 0 Å². The summed E-state index contributed by atoms with van der Waals surface area (Å²) in [4.78, 5) is 21.1. The summed E-state index contributed by atoms with van der Waals surface area (Å²) in [5, 5.41) is 10.1. The Morgan fingerprint density at radius 2 is 1.44 bits per heavy atom. The summed E-state index contributed by atoms with van der Waals surface area (Å²) in [6, 6.07) is 0. The van der Waals surface area contributed by atoms with Crippen LogP contribution in [0.3, 0.4) is 0 Å². The molecule has 88 valence electrons. The van der Waals surface area contributed by atoms with Gasteiger partial charge in [-0.05, 0) is 6.42 Å². The molecule has 0 saturated carbocycles. The number of rotatable bonds is 10. The Morgan fingerprint density at radius 3 is 1.94 bits per heavy atom. The van der Waals surface area contributed by atoms with Crippen LogP contribution in [-0.2, 0) is 9.59 Å². The van der Waals surface area contributed by atoms with Crippen molar-refractivity contribution in [1.29, 1.82) is 0 Å². The maximum absolute atomic E-state index is 11.0. The van der Waals surface area contributed by atoms with Gasteiger partial charge in [0.15, 0.2) is 0 Å². The zero-order valence-corrected chi connectivity index (χ0v) is 13.7. The first-order chi connectivity index (χ1) is 7.16. The Morgan fingerprint density at radius 1 is 0.938 bits per heavy atom. The van der Waals surface area contributed by atoms with Crippen LogP contribution in [0.2, 0.25) is 0 Å². The molecule has 0 aromatic heterocycles. The van der Waals surface area contributed by atoms with E-state index in [2.05, 4.69) is 6.92 Å². The molecule has 0 unspecified atom stereocenters. The first-order valence-electron chi connectivity index (χ1n) is 5.88. The van der Waals surface area contributed by atoms with Gasteiger partial charge in [0.25, 0.3) is 0 Å². The van der Waals surface area contributed by atoms with Crippen LogP contribution >= 0.6 is 0 Å². The van der Waals surface area contributed by atoms with Crippen LogP contribution in [0.4, 0.5) is 0 Å². The maximum Gasteiger partial charge on any atom is 1.00 e. The molecule has 0 aromatic rings. The quantitative estimate of drug-likeness (QED) is 0.280. The number of ketones is 1. The Kier molecular flexibility index (Phi) is 16.5. The fraction of sp³-hybridized carbons (Fsp3) is 0.833. The molecule has 0 aromatic carbocycles. The fourth-order valence-corrected chi connectivity index (χ4v) is 1.53. The molecule has 3 nitrogen and oxygen atoms in total. The van der Waals surface area contributed by atoms with Crippen molar-refractivity contribution in [2.75, 3.05) is 0 Å². The van der Waals surface area contributed by atoms with Crippen LogP contribution in [0, 0.1) is 0 Å². The van der Waals surface area contributed by atoms with E-state index in [0.29, 0.717) is 6.42 Å². The molecule has 0 saturated heterocycles. The first-order valence-corrected chi connectivity index (χ1v) is 5.88. The number of carbonyl (C=O) groups is 2. The SMILES string of the molecule is CCCCCCCCCC(=O)CC(=O)[O-].[K+]. The van der Waals surface area contributed by atoms with E-state index in [-0.39, 0.29) is 57.2 Å². The van der Waals surface area contributed by atoms with E-state index >= 15 is 0 Å². The second-order valence-corrected chi connectivity index (χ2v) is 3.96. The minimum absolute atomic E-state index is 0. The molecule has 0 atom stereocenters. The zero-order chi connectivity index (χ0) is 11.5. The summed E-state index contributed by atoms with van der Waals surface area (Å²) in [6.45, 7) is 2.18. The molecule has 0 fully saturated rings. The van der Waals surface area contributed by atoms with E-state index in [1.807, 2.05) is 0 Å². The van der Waals surface area contributed by atoms with Gasteiger partial charge in [-0.3, -0.25) is 4.79 Å². The summed E-state index contributed by atoms with van der Waals surface area (Å²) < 4.78 is 0. The van der Waals surface area contributed by atoms with Gasteiger partial charge in [0.05, 0.1) is 0 Å². The minimum atomic E-state index is -1.26. The van der Waals surface area contributed by atoms with E-state index in [4.69, 9.17) is 0 Å². The third kappa shape index (κ3) is 14.8. The number of hydrogen-bond donors (Lipinski definition) is 0. The van der Waals surface area contributed by atoms with Crippen LogP contribution < -0.4 is 56.5 Å². The molecule has 0 spiro atoms. The van der Waals surface area contributed by atoms with Crippen LogP contribution in [0.25, 0.3) is 0 Å². The number of carbonyl (C=O) groups excluding carboxylic acids is 2. The Labute approximate surface area is 141 Å². The molecule has 0 aliphatic carbocycles. The molecule has 0 aliphatic rings. The summed E-state index contributed by atoms with van der Waals surface area (Å²) >= 11 is 0. The maximum atomic E-state index is 11.0.